The first-order valence-electron chi connectivity index (χ1n) is 7.30. The lowest BCUT2D eigenvalue weighted by Crippen LogP contribution is -2.11. The number of hydrogen-bond donors (Lipinski definition) is 1. The van der Waals surface area contributed by atoms with Gasteiger partial charge in [-0.25, -0.2) is 4.98 Å². The van der Waals surface area contributed by atoms with Crippen LogP contribution >= 0.6 is 23.8 Å². The first-order chi connectivity index (χ1) is 11.6. The number of pyridine rings is 1. The number of halogens is 1. The van der Waals surface area contributed by atoms with E-state index >= 15 is 0 Å². The van der Waals surface area contributed by atoms with Gasteiger partial charge in [-0.05, 0) is 35.4 Å². The third-order valence-corrected chi connectivity index (χ3v) is 4.54. The van der Waals surface area contributed by atoms with Gasteiger partial charge in [-0.15, -0.1) is 0 Å². The molecule has 3 heterocycles. The summed E-state index contributed by atoms with van der Waals surface area (Å²) in [6.07, 6.45) is 3.77. The maximum atomic E-state index is 8.92. The summed E-state index contributed by atoms with van der Waals surface area (Å²) in [6, 6.07) is 13.6. The maximum absolute atomic E-state index is 8.92. The van der Waals surface area contributed by atoms with Crippen LogP contribution in [0.3, 0.4) is 0 Å². The number of fused-ring (bicyclic) bond motifs is 2. The van der Waals surface area contributed by atoms with E-state index in [1.807, 2.05) is 30.3 Å². The van der Waals surface area contributed by atoms with E-state index in [2.05, 4.69) is 33.2 Å². The van der Waals surface area contributed by atoms with Crippen molar-refractivity contribution in [3.05, 3.63) is 70.8 Å². The monoisotopic (exact) mass is 350 g/mol. The summed E-state index contributed by atoms with van der Waals surface area (Å²) in [5.41, 5.74) is 5.61. The second-order valence-corrected chi connectivity index (χ2v) is 6.34. The minimum atomic E-state index is 0.462. The van der Waals surface area contributed by atoms with Gasteiger partial charge in [0.25, 0.3) is 0 Å². The highest BCUT2D eigenvalue weighted by molar-refractivity contribution is 7.81. The Morgan fingerprint density at radius 2 is 2.00 bits per heavy atom. The molecule has 0 radical (unpaired) electrons. The van der Waals surface area contributed by atoms with Crippen molar-refractivity contribution in [2.45, 2.75) is 6.54 Å². The molecule has 1 N–H and O–H groups in total. The van der Waals surface area contributed by atoms with Crippen molar-refractivity contribution in [1.29, 1.82) is 5.26 Å². The second-order valence-electron chi connectivity index (χ2n) is 5.55. The number of hydrogen-bond acceptors (Lipinski definition) is 3. The van der Waals surface area contributed by atoms with Gasteiger partial charge >= 0.3 is 0 Å². The molecule has 116 valence electrons. The molecule has 6 heteroatoms. The highest BCUT2D eigenvalue weighted by Crippen LogP contribution is 2.29. The molecule has 0 spiro atoms. The molecule has 1 aromatic carbocycles. The van der Waals surface area contributed by atoms with E-state index < -0.39 is 0 Å². The van der Waals surface area contributed by atoms with E-state index in [1.54, 1.807) is 6.20 Å². The van der Waals surface area contributed by atoms with E-state index in [4.69, 9.17) is 29.1 Å². The van der Waals surface area contributed by atoms with E-state index in [0.717, 1.165) is 28.1 Å². The fraction of sp³-hybridized carbons (Fsp3) is 0.0556. The Morgan fingerprint density at radius 1 is 1.21 bits per heavy atom. The fourth-order valence-electron chi connectivity index (χ4n) is 2.81. The summed E-state index contributed by atoms with van der Waals surface area (Å²) in [7, 11) is 0. The molecule has 0 aliphatic carbocycles. The highest BCUT2D eigenvalue weighted by atomic mass is 35.5. The predicted molar refractivity (Wildman–Crippen MR) is 98.3 cm³/mol. The van der Waals surface area contributed by atoms with Crippen molar-refractivity contribution >= 4 is 34.5 Å². The van der Waals surface area contributed by atoms with Gasteiger partial charge in [-0.2, -0.15) is 5.26 Å². The van der Waals surface area contributed by atoms with Crippen LogP contribution in [-0.2, 0) is 6.54 Å². The SMILES string of the molecule is N#Cc1ccc(-c2cc3n(c2)Cc2cc(Cl)ncc2NC3=S)cc1. The van der Waals surface area contributed by atoms with Crippen molar-refractivity contribution in [3.8, 4) is 17.2 Å². The second kappa shape index (κ2) is 5.75. The average molecular weight is 351 g/mol. The van der Waals surface area contributed by atoms with Crippen LogP contribution in [0.15, 0.2) is 48.8 Å². The molecule has 1 aliphatic heterocycles. The van der Waals surface area contributed by atoms with Crippen molar-refractivity contribution < 1.29 is 0 Å². The average Bonchev–Trinajstić information content (AvgIpc) is 2.96. The summed E-state index contributed by atoms with van der Waals surface area (Å²) in [5.74, 6) is 0. The van der Waals surface area contributed by atoms with Crippen LogP contribution in [0.1, 0.15) is 16.8 Å². The van der Waals surface area contributed by atoms with E-state index in [1.165, 1.54) is 0 Å². The summed E-state index contributed by atoms with van der Waals surface area (Å²) in [5, 5.41) is 12.6. The number of nitriles is 1. The van der Waals surface area contributed by atoms with Crippen molar-refractivity contribution in [2.75, 3.05) is 5.32 Å². The molecule has 24 heavy (non-hydrogen) atoms. The molecule has 1 aliphatic rings. The van der Waals surface area contributed by atoms with Crippen molar-refractivity contribution in [3.63, 3.8) is 0 Å². The standard InChI is InChI=1S/C18H11ClN4S/c19-17-6-14-10-23-9-13(12-3-1-11(7-20)2-4-12)5-16(23)18(24)22-15(14)8-21-17/h1-6,8-9H,10H2,(H,22,24). The molecule has 3 aromatic rings. The molecule has 0 atom stereocenters. The first kappa shape index (κ1) is 14.9. The van der Waals surface area contributed by atoms with Gasteiger partial charge in [0.1, 0.15) is 10.1 Å². The van der Waals surface area contributed by atoms with E-state index in [-0.39, 0.29) is 0 Å². The number of aromatic nitrogens is 2. The number of thiocarbonyl (C=S) groups is 1. The highest BCUT2D eigenvalue weighted by Gasteiger charge is 2.18. The molecule has 0 saturated heterocycles. The normalized spacial score (nSPS) is 12.6. The lowest BCUT2D eigenvalue weighted by Gasteiger charge is -2.07. The van der Waals surface area contributed by atoms with Crippen LogP contribution in [0.2, 0.25) is 5.15 Å². The molecule has 4 rings (SSSR count). The summed E-state index contributed by atoms with van der Waals surface area (Å²) in [4.78, 5) is 4.76. The zero-order valence-corrected chi connectivity index (χ0v) is 14.0. The number of nitrogens with one attached hydrogen (secondary N) is 1. The van der Waals surface area contributed by atoms with Crippen LogP contribution in [0.5, 0.6) is 0 Å². The largest absolute Gasteiger partial charge is 0.343 e. The maximum Gasteiger partial charge on any atom is 0.129 e. The molecule has 4 nitrogen and oxygen atoms in total. The molecule has 0 fully saturated rings. The molecule has 0 bridgehead atoms. The number of rotatable bonds is 1. The molecule has 0 unspecified atom stereocenters. The van der Waals surface area contributed by atoms with Crippen LogP contribution in [0, 0.1) is 11.3 Å². The third kappa shape index (κ3) is 2.56. The fourth-order valence-corrected chi connectivity index (χ4v) is 3.27. The predicted octanol–water partition coefficient (Wildman–Crippen LogP) is 4.22. The molecule has 2 aromatic heterocycles. The number of nitrogens with zero attached hydrogens (tertiary/aromatic N) is 3. The Bertz CT molecular complexity index is 999. The molecule has 0 saturated carbocycles. The Labute approximate surface area is 149 Å². The topological polar surface area (TPSA) is 53.6 Å². The zero-order valence-electron chi connectivity index (χ0n) is 12.5. The first-order valence-corrected chi connectivity index (χ1v) is 8.09. The molecule has 0 amide bonds. The van der Waals surface area contributed by atoms with Crippen LogP contribution in [0.4, 0.5) is 5.69 Å². The minimum absolute atomic E-state index is 0.462. The van der Waals surface area contributed by atoms with Gasteiger partial charge < -0.3 is 9.88 Å². The van der Waals surface area contributed by atoms with Gasteiger partial charge in [0.15, 0.2) is 0 Å². The Hall–Kier alpha value is -2.68. The van der Waals surface area contributed by atoms with Crippen LogP contribution in [-0.4, -0.2) is 14.5 Å². The Morgan fingerprint density at radius 3 is 2.75 bits per heavy atom. The van der Waals surface area contributed by atoms with Crippen molar-refractivity contribution in [2.24, 2.45) is 0 Å². The minimum Gasteiger partial charge on any atom is -0.343 e. The van der Waals surface area contributed by atoms with Gasteiger partial charge in [0, 0.05) is 18.3 Å². The number of anilines is 1. The van der Waals surface area contributed by atoms with Gasteiger partial charge in [-0.3, -0.25) is 0 Å². The number of benzene rings is 1. The summed E-state index contributed by atoms with van der Waals surface area (Å²) in [6.45, 7) is 0.663. The summed E-state index contributed by atoms with van der Waals surface area (Å²) < 4.78 is 2.10. The van der Waals surface area contributed by atoms with E-state index in [9.17, 15) is 0 Å². The lowest BCUT2D eigenvalue weighted by molar-refractivity contribution is 0.805. The van der Waals surface area contributed by atoms with Gasteiger partial charge in [0.2, 0.25) is 0 Å². The molecular weight excluding hydrogens is 340 g/mol. The van der Waals surface area contributed by atoms with E-state index in [0.29, 0.717) is 22.2 Å². The van der Waals surface area contributed by atoms with Crippen LogP contribution < -0.4 is 5.32 Å². The summed E-state index contributed by atoms with van der Waals surface area (Å²) >= 11 is 11.5. The Balaban J connectivity index is 1.77. The Kier molecular flexibility index (Phi) is 3.57. The smallest absolute Gasteiger partial charge is 0.129 e. The van der Waals surface area contributed by atoms with Gasteiger partial charge in [0.05, 0.1) is 29.2 Å². The lowest BCUT2D eigenvalue weighted by atomic mass is 10.1. The molecular formula is C18H11ClN4S. The zero-order chi connectivity index (χ0) is 16.7. The van der Waals surface area contributed by atoms with Crippen molar-refractivity contribution in [1.82, 2.24) is 9.55 Å². The van der Waals surface area contributed by atoms with Gasteiger partial charge in [-0.1, -0.05) is 36.0 Å². The van der Waals surface area contributed by atoms with Crippen LogP contribution in [0.25, 0.3) is 11.1 Å². The third-order valence-electron chi connectivity index (χ3n) is 4.02. The quantitative estimate of drug-likeness (QED) is 0.527.